The van der Waals surface area contributed by atoms with Crippen LogP contribution < -0.4 is 10.6 Å². The number of rotatable bonds is 4. The number of aryl methyl sites for hydroxylation is 1. The molecule has 4 nitrogen and oxygen atoms in total. The molecular weight excluding hydrogens is 391 g/mol. The molecule has 2 amide bonds. The van der Waals surface area contributed by atoms with E-state index in [4.69, 9.17) is 23.2 Å². The molecule has 26 heavy (non-hydrogen) atoms. The summed E-state index contributed by atoms with van der Waals surface area (Å²) in [6.07, 6.45) is 0. The van der Waals surface area contributed by atoms with Gasteiger partial charge in [-0.3, -0.25) is 9.59 Å². The topological polar surface area (TPSA) is 58.2 Å². The number of hydrogen-bond acceptors (Lipinski definition) is 3. The number of nitrogens with one attached hydrogen (secondary N) is 2. The molecule has 0 bridgehead atoms. The SMILES string of the molecule is Cc1cc(NC(=O)c2ccccc2Cl)sc1C(=O)Nc1ccccc1Cl. The Morgan fingerprint density at radius 3 is 2.23 bits per heavy atom. The van der Waals surface area contributed by atoms with Crippen LogP contribution in [0.5, 0.6) is 0 Å². The van der Waals surface area contributed by atoms with E-state index in [1.165, 1.54) is 11.3 Å². The second-order valence-electron chi connectivity index (χ2n) is 5.49. The van der Waals surface area contributed by atoms with Gasteiger partial charge in [0.2, 0.25) is 0 Å². The summed E-state index contributed by atoms with van der Waals surface area (Å²) in [5, 5.41) is 6.96. The molecule has 3 aromatic rings. The summed E-state index contributed by atoms with van der Waals surface area (Å²) in [6.45, 7) is 1.81. The van der Waals surface area contributed by atoms with Crippen molar-refractivity contribution in [2.24, 2.45) is 0 Å². The third-order valence-electron chi connectivity index (χ3n) is 3.60. The molecule has 1 aromatic heterocycles. The molecule has 0 unspecified atom stereocenters. The number of anilines is 2. The van der Waals surface area contributed by atoms with Crippen molar-refractivity contribution in [1.29, 1.82) is 0 Å². The Morgan fingerprint density at radius 2 is 1.54 bits per heavy atom. The molecule has 2 aromatic carbocycles. The first kappa shape index (κ1) is 18.5. The molecular formula is C19H14Cl2N2O2S. The lowest BCUT2D eigenvalue weighted by Gasteiger charge is -2.06. The highest BCUT2D eigenvalue weighted by molar-refractivity contribution is 7.18. The first-order valence-electron chi connectivity index (χ1n) is 7.68. The molecule has 0 saturated heterocycles. The lowest BCUT2D eigenvalue weighted by atomic mass is 10.2. The fourth-order valence-electron chi connectivity index (χ4n) is 2.34. The number of benzene rings is 2. The van der Waals surface area contributed by atoms with E-state index >= 15 is 0 Å². The maximum atomic E-state index is 12.5. The van der Waals surface area contributed by atoms with Gasteiger partial charge in [-0.2, -0.15) is 0 Å². The van der Waals surface area contributed by atoms with Crippen LogP contribution in [0.25, 0.3) is 0 Å². The van der Waals surface area contributed by atoms with Crippen LogP contribution in [0.3, 0.4) is 0 Å². The van der Waals surface area contributed by atoms with E-state index in [9.17, 15) is 9.59 Å². The summed E-state index contributed by atoms with van der Waals surface area (Å²) in [6, 6.07) is 15.5. The second-order valence-corrected chi connectivity index (χ2v) is 7.36. The van der Waals surface area contributed by atoms with Crippen LogP contribution in [0.2, 0.25) is 10.0 Å². The number of thiophene rings is 1. The van der Waals surface area contributed by atoms with Crippen molar-refractivity contribution in [2.75, 3.05) is 10.6 Å². The molecule has 0 fully saturated rings. The average Bonchev–Trinajstić information content (AvgIpc) is 2.97. The molecule has 1 heterocycles. The Balaban J connectivity index is 1.77. The highest BCUT2D eigenvalue weighted by Gasteiger charge is 2.17. The molecule has 0 aliphatic heterocycles. The molecule has 0 atom stereocenters. The highest BCUT2D eigenvalue weighted by Crippen LogP contribution is 2.29. The van der Waals surface area contributed by atoms with Crippen LogP contribution in [0.15, 0.2) is 54.6 Å². The van der Waals surface area contributed by atoms with Crippen molar-refractivity contribution >= 4 is 57.0 Å². The maximum Gasteiger partial charge on any atom is 0.266 e. The fourth-order valence-corrected chi connectivity index (χ4v) is 3.70. The smallest absolute Gasteiger partial charge is 0.266 e. The first-order valence-corrected chi connectivity index (χ1v) is 9.25. The fraction of sp³-hybridized carbons (Fsp3) is 0.0526. The van der Waals surface area contributed by atoms with Gasteiger partial charge in [0.05, 0.1) is 31.2 Å². The van der Waals surface area contributed by atoms with Gasteiger partial charge in [0.15, 0.2) is 0 Å². The number of hydrogen-bond donors (Lipinski definition) is 2. The summed E-state index contributed by atoms with van der Waals surface area (Å²) < 4.78 is 0. The van der Waals surface area contributed by atoms with Gasteiger partial charge < -0.3 is 10.6 Å². The zero-order valence-electron chi connectivity index (χ0n) is 13.7. The lowest BCUT2D eigenvalue weighted by Crippen LogP contribution is -2.12. The number of amides is 2. The molecule has 0 spiro atoms. The van der Waals surface area contributed by atoms with E-state index in [2.05, 4.69) is 10.6 Å². The summed E-state index contributed by atoms with van der Waals surface area (Å²) in [4.78, 5) is 25.4. The van der Waals surface area contributed by atoms with Gasteiger partial charge in [-0.1, -0.05) is 47.5 Å². The monoisotopic (exact) mass is 404 g/mol. The van der Waals surface area contributed by atoms with Crippen LogP contribution in [-0.4, -0.2) is 11.8 Å². The third kappa shape index (κ3) is 4.07. The second kappa shape index (κ2) is 7.91. The van der Waals surface area contributed by atoms with Crippen molar-refractivity contribution in [3.8, 4) is 0 Å². The molecule has 2 N–H and O–H groups in total. The van der Waals surface area contributed by atoms with Gasteiger partial charge in [0, 0.05) is 0 Å². The van der Waals surface area contributed by atoms with Gasteiger partial charge >= 0.3 is 0 Å². The zero-order valence-corrected chi connectivity index (χ0v) is 16.0. The summed E-state index contributed by atoms with van der Waals surface area (Å²) in [7, 11) is 0. The highest BCUT2D eigenvalue weighted by atomic mass is 35.5. The number of para-hydroxylation sites is 1. The van der Waals surface area contributed by atoms with Crippen LogP contribution in [0.4, 0.5) is 10.7 Å². The van der Waals surface area contributed by atoms with Gasteiger partial charge in [-0.25, -0.2) is 0 Å². The lowest BCUT2D eigenvalue weighted by molar-refractivity contribution is 0.102. The molecule has 7 heteroatoms. The molecule has 3 rings (SSSR count). The van der Waals surface area contributed by atoms with Crippen molar-refractivity contribution in [3.63, 3.8) is 0 Å². The van der Waals surface area contributed by atoms with E-state index in [1.54, 1.807) is 54.6 Å². The minimum Gasteiger partial charge on any atom is -0.320 e. The summed E-state index contributed by atoms with van der Waals surface area (Å²) in [5.74, 6) is -0.603. The van der Waals surface area contributed by atoms with E-state index < -0.39 is 0 Å². The molecule has 0 aliphatic carbocycles. The largest absolute Gasteiger partial charge is 0.320 e. The third-order valence-corrected chi connectivity index (χ3v) is 5.41. The van der Waals surface area contributed by atoms with E-state index in [1.807, 2.05) is 6.92 Å². The van der Waals surface area contributed by atoms with E-state index in [0.717, 1.165) is 5.56 Å². The predicted molar refractivity (Wildman–Crippen MR) is 108 cm³/mol. The van der Waals surface area contributed by atoms with Crippen LogP contribution >= 0.6 is 34.5 Å². The van der Waals surface area contributed by atoms with Gasteiger partial charge in [0.25, 0.3) is 11.8 Å². The Hall–Kier alpha value is -2.34. The van der Waals surface area contributed by atoms with E-state index in [0.29, 0.717) is 31.2 Å². The van der Waals surface area contributed by atoms with Crippen molar-refractivity contribution in [3.05, 3.63) is 80.6 Å². The summed E-state index contributed by atoms with van der Waals surface area (Å²) >= 11 is 13.3. The standard InChI is InChI=1S/C19H14Cl2N2O2S/c1-11-10-16(23-18(24)12-6-2-3-7-13(12)20)26-17(11)19(25)22-15-9-5-4-8-14(15)21/h2-10H,1H3,(H,22,25)(H,23,24). The van der Waals surface area contributed by atoms with Gasteiger partial charge in [-0.15, -0.1) is 11.3 Å². The molecule has 0 saturated carbocycles. The molecule has 0 radical (unpaired) electrons. The zero-order chi connectivity index (χ0) is 18.7. The Bertz CT molecular complexity index is 985. The van der Waals surface area contributed by atoms with Crippen LogP contribution in [0.1, 0.15) is 25.6 Å². The Kier molecular flexibility index (Phi) is 5.61. The predicted octanol–water partition coefficient (Wildman–Crippen LogP) is 5.87. The minimum atomic E-state index is -0.324. The number of carbonyl (C=O) groups excluding carboxylic acids is 2. The molecule has 132 valence electrons. The van der Waals surface area contributed by atoms with Crippen LogP contribution in [0, 0.1) is 6.92 Å². The Labute approximate surface area is 164 Å². The summed E-state index contributed by atoms with van der Waals surface area (Å²) in [5.41, 5.74) is 1.67. The minimum absolute atomic E-state index is 0.279. The first-order chi connectivity index (χ1) is 12.5. The average molecular weight is 405 g/mol. The number of carbonyl (C=O) groups is 2. The van der Waals surface area contributed by atoms with Gasteiger partial charge in [-0.05, 0) is 42.8 Å². The quantitative estimate of drug-likeness (QED) is 0.571. The Morgan fingerprint density at radius 1 is 0.885 bits per heavy atom. The maximum absolute atomic E-state index is 12.5. The molecule has 0 aliphatic rings. The van der Waals surface area contributed by atoms with Crippen molar-refractivity contribution in [2.45, 2.75) is 6.92 Å². The van der Waals surface area contributed by atoms with Gasteiger partial charge in [0.1, 0.15) is 0 Å². The number of halogens is 2. The van der Waals surface area contributed by atoms with E-state index in [-0.39, 0.29) is 11.8 Å². The van der Waals surface area contributed by atoms with Crippen molar-refractivity contribution in [1.82, 2.24) is 0 Å². The van der Waals surface area contributed by atoms with Crippen molar-refractivity contribution < 1.29 is 9.59 Å². The van der Waals surface area contributed by atoms with Crippen LogP contribution in [-0.2, 0) is 0 Å². The normalized spacial score (nSPS) is 10.4.